The van der Waals surface area contributed by atoms with E-state index in [1.807, 2.05) is 6.92 Å². The largest absolute Gasteiger partial charge is 0.462 e. The molecule has 0 amide bonds. The molecule has 0 aromatic rings. The third-order valence-corrected chi connectivity index (χ3v) is 13.1. The van der Waals surface area contributed by atoms with Crippen molar-refractivity contribution in [3.63, 3.8) is 0 Å². The molecule has 0 aromatic carbocycles. The van der Waals surface area contributed by atoms with Gasteiger partial charge in [-0.1, -0.05) is 52.8 Å². The van der Waals surface area contributed by atoms with Crippen molar-refractivity contribution in [1.29, 1.82) is 0 Å². The van der Waals surface area contributed by atoms with Gasteiger partial charge in [0.1, 0.15) is 11.9 Å². The number of ether oxygens (including phenoxy) is 1. The zero-order valence-corrected chi connectivity index (χ0v) is 22.8. The molecule has 0 unspecified atom stereocenters. The number of carbonyl (C=O) groups is 2. The lowest BCUT2D eigenvalue weighted by molar-refractivity contribution is -0.160. The van der Waals surface area contributed by atoms with E-state index in [9.17, 15) is 14.7 Å². The molecule has 0 bridgehead atoms. The van der Waals surface area contributed by atoms with Crippen LogP contribution in [0.1, 0.15) is 67.2 Å². The maximum absolute atomic E-state index is 13.4. The van der Waals surface area contributed by atoms with Crippen LogP contribution in [-0.2, 0) is 18.8 Å². The lowest BCUT2D eigenvalue weighted by Gasteiger charge is -2.42. The number of esters is 1. The fraction of sp³-hybridized carbons (Fsp3) is 0.778. The van der Waals surface area contributed by atoms with Crippen molar-refractivity contribution in [2.24, 2.45) is 29.6 Å². The fourth-order valence-corrected chi connectivity index (χ4v) is 7.02. The fourth-order valence-electron chi connectivity index (χ4n) is 5.66. The van der Waals surface area contributed by atoms with Crippen LogP contribution in [0.25, 0.3) is 0 Å². The molecule has 0 aromatic heterocycles. The number of ketones is 1. The second kappa shape index (κ2) is 9.78. The normalized spacial score (nSPS) is 36.2. The second-order valence-electron chi connectivity index (χ2n) is 12.2. The topological polar surface area (TPSA) is 72.8 Å². The number of aliphatic hydroxyl groups excluding tert-OH is 1. The van der Waals surface area contributed by atoms with Gasteiger partial charge in [0.15, 0.2) is 8.32 Å². The van der Waals surface area contributed by atoms with Gasteiger partial charge < -0.3 is 14.3 Å². The highest BCUT2D eigenvalue weighted by Crippen LogP contribution is 2.45. The van der Waals surface area contributed by atoms with E-state index in [2.05, 4.69) is 59.0 Å². The Morgan fingerprint density at radius 3 is 2.45 bits per heavy atom. The van der Waals surface area contributed by atoms with E-state index in [1.165, 1.54) is 0 Å². The SMILES string of the molecule is C[C@@H](O)[C@H]1C(=O)[C@H]2C(=C[C@@H]1C)C=C[C@H](C)[C@@H]2CC[C@@H]1C[C@@H](O[Si](C)(C)C(C)(C)C)CC(=O)O1. The lowest BCUT2D eigenvalue weighted by atomic mass is 9.62. The third kappa shape index (κ3) is 5.71. The minimum absolute atomic E-state index is 0.0370. The molecule has 0 saturated carbocycles. The summed E-state index contributed by atoms with van der Waals surface area (Å²) in [5.41, 5.74) is 1.09. The van der Waals surface area contributed by atoms with Crippen LogP contribution >= 0.6 is 0 Å². The highest BCUT2D eigenvalue weighted by Gasteiger charge is 2.45. The molecular weight excluding hydrogens is 432 g/mol. The van der Waals surface area contributed by atoms with Crippen molar-refractivity contribution in [3.8, 4) is 0 Å². The van der Waals surface area contributed by atoms with Gasteiger partial charge in [0.05, 0.1) is 24.5 Å². The van der Waals surface area contributed by atoms with Gasteiger partial charge in [0, 0.05) is 12.3 Å². The van der Waals surface area contributed by atoms with Crippen LogP contribution in [0, 0.1) is 29.6 Å². The van der Waals surface area contributed by atoms with E-state index in [-0.39, 0.29) is 58.6 Å². The van der Waals surface area contributed by atoms with Crippen LogP contribution < -0.4 is 0 Å². The van der Waals surface area contributed by atoms with Crippen LogP contribution in [0.15, 0.2) is 23.8 Å². The van der Waals surface area contributed by atoms with Crippen LogP contribution in [0.2, 0.25) is 18.1 Å². The third-order valence-electron chi connectivity index (χ3n) is 8.54. The first kappa shape index (κ1) is 26.4. The Hall–Kier alpha value is -1.24. The minimum atomic E-state index is -1.97. The number of fused-ring (bicyclic) bond motifs is 1. The summed E-state index contributed by atoms with van der Waals surface area (Å²) < 4.78 is 12.3. The summed E-state index contributed by atoms with van der Waals surface area (Å²) in [6.07, 6.45) is 8.15. The van der Waals surface area contributed by atoms with Crippen LogP contribution in [0.5, 0.6) is 0 Å². The molecule has 8 atom stereocenters. The maximum Gasteiger partial charge on any atom is 0.308 e. The van der Waals surface area contributed by atoms with Crippen molar-refractivity contribution in [2.45, 2.75) is 104 Å². The van der Waals surface area contributed by atoms with Crippen LogP contribution in [0.3, 0.4) is 0 Å². The molecule has 1 N–H and O–H groups in total. The lowest BCUT2D eigenvalue weighted by Crippen LogP contribution is -2.47. The Labute approximate surface area is 201 Å². The Kier molecular flexibility index (Phi) is 7.82. The highest BCUT2D eigenvalue weighted by molar-refractivity contribution is 6.74. The molecule has 1 saturated heterocycles. The summed E-state index contributed by atoms with van der Waals surface area (Å²) in [5.74, 6) is -0.0929. The van der Waals surface area contributed by atoms with Gasteiger partial charge in [0.2, 0.25) is 0 Å². The predicted molar refractivity (Wildman–Crippen MR) is 133 cm³/mol. The molecule has 186 valence electrons. The number of hydrogen-bond donors (Lipinski definition) is 1. The molecule has 1 fully saturated rings. The molecule has 3 rings (SSSR count). The number of carbonyl (C=O) groups excluding carboxylic acids is 2. The summed E-state index contributed by atoms with van der Waals surface area (Å²) in [6.45, 7) is 17.0. The summed E-state index contributed by atoms with van der Waals surface area (Å²) in [4.78, 5) is 25.8. The standard InChI is InChI=1S/C27H44O5Si/c1-16-9-10-19-13-17(2)24(18(3)28)26(30)25(19)22(16)12-11-20-14-21(15-23(29)31-20)32-33(7,8)27(4,5)6/h9-10,13,16-18,20-22,24-25,28H,11-12,14-15H2,1-8H3/t16-,17-,18+,20+,21+,22-,24-,25-/m0/s1. The van der Waals surface area contributed by atoms with E-state index >= 15 is 0 Å². The molecule has 1 aliphatic heterocycles. The van der Waals surface area contributed by atoms with Crippen molar-refractivity contribution < 1.29 is 23.9 Å². The van der Waals surface area contributed by atoms with Crippen molar-refractivity contribution in [1.82, 2.24) is 0 Å². The summed E-state index contributed by atoms with van der Waals surface area (Å²) >= 11 is 0. The van der Waals surface area contributed by atoms with E-state index in [0.29, 0.717) is 6.42 Å². The Bertz CT molecular complexity index is 806. The monoisotopic (exact) mass is 476 g/mol. The Morgan fingerprint density at radius 2 is 1.85 bits per heavy atom. The molecule has 5 nitrogen and oxygen atoms in total. The minimum Gasteiger partial charge on any atom is -0.462 e. The van der Waals surface area contributed by atoms with Crippen LogP contribution in [0.4, 0.5) is 0 Å². The van der Waals surface area contributed by atoms with Crippen molar-refractivity contribution in [2.75, 3.05) is 0 Å². The average Bonchev–Trinajstić information content (AvgIpc) is 2.65. The van der Waals surface area contributed by atoms with Crippen LogP contribution in [-0.4, -0.2) is 43.5 Å². The quantitative estimate of drug-likeness (QED) is 0.408. The number of Topliss-reactive ketones (excluding diaryl/α,β-unsaturated/α-hetero) is 1. The van der Waals surface area contributed by atoms with Gasteiger partial charge in [-0.15, -0.1) is 0 Å². The first-order valence-corrected chi connectivity index (χ1v) is 15.6. The van der Waals surface area contributed by atoms with E-state index in [4.69, 9.17) is 9.16 Å². The number of hydrogen-bond acceptors (Lipinski definition) is 5. The number of cyclic esters (lactones) is 1. The van der Waals surface area contributed by atoms with Gasteiger partial charge >= 0.3 is 5.97 Å². The molecule has 0 spiro atoms. The van der Waals surface area contributed by atoms with Crippen molar-refractivity contribution in [3.05, 3.63) is 23.8 Å². The molecule has 2 aliphatic carbocycles. The average molecular weight is 477 g/mol. The number of aliphatic hydroxyl groups is 1. The maximum atomic E-state index is 13.4. The van der Waals surface area contributed by atoms with Gasteiger partial charge in [-0.05, 0) is 61.2 Å². The zero-order chi connectivity index (χ0) is 24.7. The molecule has 1 heterocycles. The smallest absolute Gasteiger partial charge is 0.308 e. The molecular formula is C27H44O5Si. The highest BCUT2D eigenvalue weighted by atomic mass is 28.4. The molecule has 3 aliphatic rings. The Balaban J connectivity index is 1.70. The zero-order valence-electron chi connectivity index (χ0n) is 21.8. The first-order chi connectivity index (χ1) is 15.2. The van der Waals surface area contributed by atoms with Gasteiger partial charge in [0.25, 0.3) is 0 Å². The molecule has 0 radical (unpaired) electrons. The summed E-state index contributed by atoms with van der Waals surface area (Å²) in [7, 11) is -1.97. The summed E-state index contributed by atoms with van der Waals surface area (Å²) in [6, 6.07) is 0. The second-order valence-corrected chi connectivity index (χ2v) is 16.9. The number of rotatable bonds is 6. The van der Waals surface area contributed by atoms with E-state index < -0.39 is 14.4 Å². The first-order valence-electron chi connectivity index (χ1n) is 12.7. The predicted octanol–water partition coefficient (Wildman–Crippen LogP) is 5.44. The summed E-state index contributed by atoms with van der Waals surface area (Å²) in [5, 5.41) is 10.4. The molecule has 33 heavy (non-hydrogen) atoms. The van der Waals surface area contributed by atoms with E-state index in [1.54, 1.807) is 6.92 Å². The number of allylic oxidation sites excluding steroid dienone is 4. The van der Waals surface area contributed by atoms with Crippen molar-refractivity contribution >= 4 is 20.1 Å². The van der Waals surface area contributed by atoms with Gasteiger partial charge in [-0.2, -0.15) is 0 Å². The van der Waals surface area contributed by atoms with E-state index in [0.717, 1.165) is 24.8 Å². The van der Waals surface area contributed by atoms with Gasteiger partial charge in [-0.25, -0.2) is 0 Å². The Morgan fingerprint density at radius 1 is 1.18 bits per heavy atom. The molecule has 6 heteroatoms. The van der Waals surface area contributed by atoms with Gasteiger partial charge in [-0.3, -0.25) is 9.59 Å².